The normalized spacial score (nSPS) is 11.7. The summed E-state index contributed by atoms with van der Waals surface area (Å²) in [7, 11) is -3.69. The van der Waals surface area contributed by atoms with Crippen molar-refractivity contribution < 1.29 is 8.42 Å². The number of nitrogens with one attached hydrogen (secondary N) is 2. The number of rotatable bonds is 3. The third kappa shape index (κ3) is 2.36. The van der Waals surface area contributed by atoms with Gasteiger partial charge in [0.15, 0.2) is 0 Å². The van der Waals surface area contributed by atoms with E-state index in [4.69, 9.17) is 0 Å². The molecule has 3 rings (SSSR count). The molecule has 1 aromatic carbocycles. The van der Waals surface area contributed by atoms with Gasteiger partial charge in [-0.05, 0) is 26.0 Å². The van der Waals surface area contributed by atoms with Crippen LogP contribution in [0.25, 0.3) is 10.8 Å². The van der Waals surface area contributed by atoms with Crippen molar-refractivity contribution in [3.8, 4) is 0 Å². The first kappa shape index (κ1) is 13.6. The molecule has 6 nitrogen and oxygen atoms in total. The van der Waals surface area contributed by atoms with Gasteiger partial charge in [0.1, 0.15) is 4.90 Å². The van der Waals surface area contributed by atoms with Crippen LogP contribution in [0, 0.1) is 13.8 Å². The zero-order valence-corrected chi connectivity index (χ0v) is 12.4. The van der Waals surface area contributed by atoms with Crippen LogP contribution in [0.3, 0.4) is 0 Å². The number of aromatic nitrogens is 3. The van der Waals surface area contributed by atoms with E-state index in [-0.39, 0.29) is 4.90 Å². The fourth-order valence-electron chi connectivity index (χ4n) is 2.34. The number of hydrogen-bond acceptors (Lipinski definition) is 4. The predicted molar refractivity (Wildman–Crippen MR) is 80.6 cm³/mol. The van der Waals surface area contributed by atoms with E-state index in [1.807, 2.05) is 6.07 Å². The SMILES string of the molecule is Cc1n[nH]c(C)c1S(=O)(=O)Nc1cccc2cnccc12. The summed E-state index contributed by atoms with van der Waals surface area (Å²) in [6.45, 7) is 3.34. The fraction of sp³-hybridized carbons (Fsp3) is 0.143. The second-order valence-electron chi connectivity index (χ2n) is 4.77. The Hall–Kier alpha value is -2.41. The number of benzene rings is 1. The highest BCUT2D eigenvalue weighted by Gasteiger charge is 2.22. The lowest BCUT2D eigenvalue weighted by Gasteiger charge is -2.10. The molecule has 3 aromatic rings. The van der Waals surface area contributed by atoms with Crippen molar-refractivity contribution in [2.24, 2.45) is 0 Å². The summed E-state index contributed by atoms with van der Waals surface area (Å²) in [5.41, 5.74) is 1.48. The van der Waals surface area contributed by atoms with Gasteiger partial charge < -0.3 is 0 Å². The molecule has 7 heteroatoms. The molecule has 0 saturated heterocycles. The maximum Gasteiger partial charge on any atom is 0.265 e. The predicted octanol–water partition coefficient (Wildman–Crippen LogP) is 2.38. The average molecular weight is 302 g/mol. The second-order valence-corrected chi connectivity index (χ2v) is 6.39. The molecule has 0 amide bonds. The van der Waals surface area contributed by atoms with Gasteiger partial charge in [-0.25, -0.2) is 8.42 Å². The van der Waals surface area contributed by atoms with Gasteiger partial charge in [0.25, 0.3) is 10.0 Å². The van der Waals surface area contributed by atoms with Crippen molar-refractivity contribution in [1.29, 1.82) is 0 Å². The molecule has 108 valence electrons. The van der Waals surface area contributed by atoms with Crippen LogP contribution in [0.4, 0.5) is 5.69 Å². The summed E-state index contributed by atoms with van der Waals surface area (Å²) in [4.78, 5) is 4.22. The van der Waals surface area contributed by atoms with E-state index < -0.39 is 10.0 Å². The van der Waals surface area contributed by atoms with Crippen LogP contribution in [0.2, 0.25) is 0 Å². The molecule has 0 atom stereocenters. The average Bonchev–Trinajstić information content (AvgIpc) is 2.79. The van der Waals surface area contributed by atoms with Crippen molar-refractivity contribution >= 4 is 26.5 Å². The highest BCUT2D eigenvalue weighted by molar-refractivity contribution is 7.92. The highest BCUT2D eigenvalue weighted by Crippen LogP contribution is 2.26. The monoisotopic (exact) mass is 302 g/mol. The molecule has 0 aliphatic rings. The maximum atomic E-state index is 12.6. The van der Waals surface area contributed by atoms with Gasteiger partial charge in [0, 0.05) is 23.2 Å². The Labute approximate surface area is 122 Å². The van der Waals surface area contributed by atoms with E-state index >= 15 is 0 Å². The minimum absolute atomic E-state index is 0.188. The minimum Gasteiger partial charge on any atom is -0.281 e. The minimum atomic E-state index is -3.69. The molecule has 2 heterocycles. The van der Waals surface area contributed by atoms with Crippen LogP contribution < -0.4 is 4.72 Å². The number of pyridine rings is 1. The van der Waals surface area contributed by atoms with E-state index in [9.17, 15) is 8.42 Å². The molecule has 21 heavy (non-hydrogen) atoms. The Morgan fingerprint density at radius 1 is 1.19 bits per heavy atom. The van der Waals surface area contributed by atoms with Crippen LogP contribution >= 0.6 is 0 Å². The number of sulfonamides is 1. The summed E-state index contributed by atoms with van der Waals surface area (Å²) in [5, 5.41) is 8.29. The number of anilines is 1. The van der Waals surface area contributed by atoms with Crippen LogP contribution in [0.15, 0.2) is 41.6 Å². The second kappa shape index (κ2) is 4.85. The number of aromatic amines is 1. The lowest BCUT2D eigenvalue weighted by molar-refractivity contribution is 0.600. The lowest BCUT2D eigenvalue weighted by Crippen LogP contribution is -2.14. The number of aryl methyl sites for hydroxylation is 2. The van der Waals surface area contributed by atoms with Gasteiger partial charge in [0.2, 0.25) is 0 Å². The number of nitrogens with zero attached hydrogens (tertiary/aromatic N) is 2. The van der Waals surface area contributed by atoms with Crippen LogP contribution in [0.1, 0.15) is 11.4 Å². The van der Waals surface area contributed by atoms with Gasteiger partial charge in [-0.3, -0.25) is 14.8 Å². The molecule has 0 unspecified atom stereocenters. The van der Waals surface area contributed by atoms with E-state index in [0.717, 1.165) is 10.8 Å². The van der Waals surface area contributed by atoms with Crippen LogP contribution in [-0.4, -0.2) is 23.6 Å². The molecule has 0 aliphatic heterocycles. The first-order valence-electron chi connectivity index (χ1n) is 6.36. The molecule has 2 N–H and O–H groups in total. The number of H-pyrrole nitrogens is 1. The maximum absolute atomic E-state index is 12.6. The zero-order chi connectivity index (χ0) is 15.0. The summed E-state index contributed by atoms with van der Waals surface area (Å²) in [5.74, 6) is 0. The number of hydrogen-bond donors (Lipinski definition) is 2. The largest absolute Gasteiger partial charge is 0.281 e. The molecular formula is C14H14N4O2S. The Morgan fingerprint density at radius 3 is 2.71 bits per heavy atom. The quantitative estimate of drug-likeness (QED) is 0.777. The summed E-state index contributed by atoms with van der Waals surface area (Å²) in [6.07, 6.45) is 3.33. The Bertz CT molecular complexity index is 891. The molecule has 0 aliphatic carbocycles. The van der Waals surface area contributed by atoms with Crippen molar-refractivity contribution in [2.45, 2.75) is 18.7 Å². The smallest absolute Gasteiger partial charge is 0.265 e. The first-order valence-corrected chi connectivity index (χ1v) is 7.84. The summed E-state index contributed by atoms with van der Waals surface area (Å²) < 4.78 is 27.8. The van der Waals surface area contributed by atoms with Crippen molar-refractivity contribution in [2.75, 3.05) is 4.72 Å². The van der Waals surface area contributed by atoms with Gasteiger partial charge in [0.05, 0.1) is 17.1 Å². The van der Waals surface area contributed by atoms with Gasteiger partial charge in [-0.2, -0.15) is 5.10 Å². The zero-order valence-electron chi connectivity index (χ0n) is 11.6. The third-order valence-corrected chi connectivity index (χ3v) is 4.88. The van der Waals surface area contributed by atoms with Gasteiger partial charge >= 0.3 is 0 Å². The standard InChI is InChI=1S/C14H14N4O2S/c1-9-14(10(2)17-16-9)21(19,20)18-13-5-3-4-11-8-15-7-6-12(11)13/h3-8,18H,1-2H3,(H,16,17). The molecule has 0 bridgehead atoms. The van der Waals surface area contributed by atoms with Crippen molar-refractivity contribution in [3.63, 3.8) is 0 Å². The van der Waals surface area contributed by atoms with Crippen molar-refractivity contribution in [1.82, 2.24) is 15.2 Å². The Balaban J connectivity index is 2.10. The van der Waals surface area contributed by atoms with Crippen LogP contribution in [-0.2, 0) is 10.0 Å². The number of fused-ring (bicyclic) bond motifs is 1. The lowest BCUT2D eigenvalue weighted by atomic mass is 10.1. The third-order valence-electron chi connectivity index (χ3n) is 3.25. The molecular weight excluding hydrogens is 288 g/mol. The van der Waals surface area contributed by atoms with E-state index in [1.165, 1.54) is 0 Å². The van der Waals surface area contributed by atoms with E-state index in [2.05, 4.69) is 19.9 Å². The van der Waals surface area contributed by atoms with Crippen molar-refractivity contribution in [3.05, 3.63) is 48.0 Å². The first-order chi connectivity index (χ1) is 9.99. The summed E-state index contributed by atoms with van der Waals surface area (Å²) >= 11 is 0. The molecule has 0 fully saturated rings. The fourth-order valence-corrected chi connectivity index (χ4v) is 3.80. The molecule has 2 aromatic heterocycles. The molecule has 0 spiro atoms. The Kier molecular flexibility index (Phi) is 3.13. The molecule has 0 saturated carbocycles. The highest BCUT2D eigenvalue weighted by atomic mass is 32.2. The van der Waals surface area contributed by atoms with Gasteiger partial charge in [-0.1, -0.05) is 12.1 Å². The van der Waals surface area contributed by atoms with E-state index in [0.29, 0.717) is 17.1 Å². The van der Waals surface area contributed by atoms with Crippen LogP contribution in [0.5, 0.6) is 0 Å². The Morgan fingerprint density at radius 2 is 2.00 bits per heavy atom. The summed E-state index contributed by atoms with van der Waals surface area (Å²) in [6, 6.07) is 7.18. The van der Waals surface area contributed by atoms with E-state index in [1.54, 1.807) is 44.4 Å². The molecule has 0 radical (unpaired) electrons. The topological polar surface area (TPSA) is 87.7 Å². The van der Waals surface area contributed by atoms with Gasteiger partial charge in [-0.15, -0.1) is 0 Å².